The third-order valence-electron chi connectivity index (χ3n) is 5.98. The van der Waals surface area contributed by atoms with Crippen molar-refractivity contribution in [1.29, 1.82) is 0 Å². The topological polar surface area (TPSA) is 95.6 Å². The van der Waals surface area contributed by atoms with Gasteiger partial charge in [-0.3, -0.25) is 19.5 Å². The molecule has 8 heteroatoms. The Morgan fingerprint density at radius 1 is 1.16 bits per heavy atom. The standard InChI is InChI=1S/C23H28N4O4/c1-2-31-22(29)11-10-21(28)26-13-6-5-9-20(26)17-15-18(25-24-17)23(30)27-14-12-16-7-3-4-8-19(16)27/h3-4,7-8,15,20H,2,5-6,9-14H2,1H3,(H,24,25). The van der Waals surface area contributed by atoms with Crippen LogP contribution in [0, 0.1) is 0 Å². The number of ether oxygens (including phenoxy) is 1. The van der Waals surface area contributed by atoms with Crippen LogP contribution in [0.3, 0.4) is 0 Å². The van der Waals surface area contributed by atoms with Gasteiger partial charge in [-0.05, 0) is 50.3 Å². The minimum atomic E-state index is -0.357. The number of hydrogen-bond donors (Lipinski definition) is 1. The van der Waals surface area contributed by atoms with E-state index in [0.29, 0.717) is 25.4 Å². The normalized spacial score (nSPS) is 18.0. The Kier molecular flexibility index (Phi) is 6.34. The molecule has 2 amide bonds. The van der Waals surface area contributed by atoms with Crippen LogP contribution >= 0.6 is 0 Å². The highest BCUT2D eigenvalue weighted by atomic mass is 16.5. The minimum absolute atomic E-state index is 0.0753. The fourth-order valence-electron chi connectivity index (χ4n) is 4.44. The maximum atomic E-state index is 13.1. The zero-order valence-corrected chi connectivity index (χ0v) is 17.8. The molecule has 0 saturated carbocycles. The maximum absolute atomic E-state index is 13.1. The van der Waals surface area contributed by atoms with Gasteiger partial charge in [-0.25, -0.2) is 0 Å². The number of nitrogens with zero attached hydrogens (tertiary/aromatic N) is 3. The van der Waals surface area contributed by atoms with E-state index in [1.54, 1.807) is 22.8 Å². The predicted molar refractivity (Wildman–Crippen MR) is 115 cm³/mol. The Morgan fingerprint density at radius 2 is 2.00 bits per heavy atom. The van der Waals surface area contributed by atoms with Gasteiger partial charge in [0.2, 0.25) is 5.91 Å². The van der Waals surface area contributed by atoms with Gasteiger partial charge in [0.05, 0.1) is 24.8 Å². The summed E-state index contributed by atoms with van der Waals surface area (Å²) in [6.45, 7) is 3.33. The summed E-state index contributed by atoms with van der Waals surface area (Å²) in [4.78, 5) is 41.0. The number of carbonyl (C=O) groups excluding carboxylic acids is 3. The summed E-state index contributed by atoms with van der Waals surface area (Å²) in [5.41, 5.74) is 3.22. The molecule has 0 radical (unpaired) electrons. The van der Waals surface area contributed by atoms with Crippen molar-refractivity contribution in [3.8, 4) is 0 Å². The first kappa shape index (κ1) is 21.1. The first-order chi connectivity index (χ1) is 15.1. The van der Waals surface area contributed by atoms with E-state index < -0.39 is 0 Å². The molecule has 0 aliphatic carbocycles. The van der Waals surface area contributed by atoms with E-state index in [-0.39, 0.29) is 36.7 Å². The second-order valence-electron chi connectivity index (χ2n) is 7.95. The molecule has 1 aromatic carbocycles. The number of carbonyl (C=O) groups is 3. The second-order valence-corrected chi connectivity index (χ2v) is 7.95. The van der Waals surface area contributed by atoms with Gasteiger partial charge in [0.25, 0.3) is 5.91 Å². The lowest BCUT2D eigenvalue weighted by atomic mass is 9.98. The molecule has 1 fully saturated rings. The molecular formula is C23H28N4O4. The molecule has 1 atom stereocenters. The molecule has 1 N–H and O–H groups in total. The Balaban J connectivity index is 1.46. The molecule has 1 unspecified atom stereocenters. The van der Waals surface area contributed by atoms with E-state index in [1.165, 1.54) is 0 Å². The molecule has 2 aliphatic rings. The number of benzene rings is 1. The molecule has 1 saturated heterocycles. The lowest BCUT2D eigenvalue weighted by molar-refractivity contribution is -0.146. The quantitative estimate of drug-likeness (QED) is 0.719. The van der Waals surface area contributed by atoms with Crippen molar-refractivity contribution in [2.24, 2.45) is 0 Å². The average Bonchev–Trinajstić information content (AvgIpc) is 3.45. The summed E-state index contributed by atoms with van der Waals surface area (Å²) in [5, 5.41) is 7.26. The van der Waals surface area contributed by atoms with Crippen molar-refractivity contribution in [3.63, 3.8) is 0 Å². The average molecular weight is 425 g/mol. The number of hydrogen-bond acceptors (Lipinski definition) is 5. The fourth-order valence-corrected chi connectivity index (χ4v) is 4.44. The molecule has 2 aliphatic heterocycles. The first-order valence-electron chi connectivity index (χ1n) is 11.0. The summed E-state index contributed by atoms with van der Waals surface area (Å²) in [6.07, 6.45) is 3.76. The molecule has 0 spiro atoms. The number of aromatic amines is 1. The Bertz CT molecular complexity index is 970. The van der Waals surface area contributed by atoms with Crippen LogP contribution in [-0.4, -0.2) is 52.6 Å². The van der Waals surface area contributed by atoms with Crippen LogP contribution in [0.5, 0.6) is 0 Å². The number of anilines is 1. The summed E-state index contributed by atoms with van der Waals surface area (Å²) in [6, 6.07) is 9.52. The van der Waals surface area contributed by atoms with Crippen LogP contribution in [0.4, 0.5) is 5.69 Å². The van der Waals surface area contributed by atoms with Crippen LogP contribution in [0.15, 0.2) is 30.3 Å². The minimum Gasteiger partial charge on any atom is -0.466 e. The number of rotatable bonds is 6. The largest absolute Gasteiger partial charge is 0.466 e. The van der Waals surface area contributed by atoms with E-state index in [2.05, 4.69) is 10.2 Å². The number of nitrogens with one attached hydrogen (secondary N) is 1. The van der Waals surface area contributed by atoms with Crippen molar-refractivity contribution in [3.05, 3.63) is 47.3 Å². The smallest absolute Gasteiger partial charge is 0.306 e. The van der Waals surface area contributed by atoms with Gasteiger partial charge in [0, 0.05) is 25.2 Å². The van der Waals surface area contributed by atoms with Crippen LogP contribution in [0.2, 0.25) is 0 Å². The second kappa shape index (κ2) is 9.32. The van der Waals surface area contributed by atoms with Crippen molar-refractivity contribution in [1.82, 2.24) is 15.1 Å². The van der Waals surface area contributed by atoms with Crippen molar-refractivity contribution >= 4 is 23.5 Å². The zero-order valence-electron chi connectivity index (χ0n) is 17.8. The van der Waals surface area contributed by atoms with E-state index in [1.807, 2.05) is 24.3 Å². The van der Waals surface area contributed by atoms with Gasteiger partial charge in [-0.15, -0.1) is 0 Å². The number of para-hydroxylation sites is 1. The number of likely N-dealkylation sites (tertiary alicyclic amines) is 1. The van der Waals surface area contributed by atoms with Crippen LogP contribution in [-0.2, 0) is 20.7 Å². The summed E-state index contributed by atoms with van der Waals surface area (Å²) >= 11 is 0. The number of piperidine rings is 1. The predicted octanol–water partition coefficient (Wildman–Crippen LogP) is 3.01. The molecule has 8 nitrogen and oxygen atoms in total. The molecule has 31 heavy (non-hydrogen) atoms. The van der Waals surface area contributed by atoms with Gasteiger partial charge in [-0.1, -0.05) is 18.2 Å². The van der Waals surface area contributed by atoms with Crippen molar-refractivity contribution < 1.29 is 19.1 Å². The van der Waals surface area contributed by atoms with E-state index in [9.17, 15) is 14.4 Å². The van der Waals surface area contributed by atoms with Crippen molar-refractivity contribution in [2.45, 2.75) is 51.5 Å². The maximum Gasteiger partial charge on any atom is 0.306 e. The molecule has 1 aromatic heterocycles. The van der Waals surface area contributed by atoms with E-state index >= 15 is 0 Å². The molecule has 4 rings (SSSR count). The molecule has 164 valence electrons. The van der Waals surface area contributed by atoms with E-state index in [4.69, 9.17) is 4.74 Å². The van der Waals surface area contributed by atoms with Gasteiger partial charge in [-0.2, -0.15) is 5.10 Å². The summed E-state index contributed by atoms with van der Waals surface area (Å²) < 4.78 is 4.93. The Labute approximate surface area is 181 Å². The SMILES string of the molecule is CCOC(=O)CCC(=O)N1CCCCC1c1cc(C(=O)N2CCc3ccccc32)n[nH]1. The zero-order chi connectivity index (χ0) is 21.8. The number of amides is 2. The lowest BCUT2D eigenvalue weighted by Crippen LogP contribution is -2.38. The van der Waals surface area contributed by atoms with Crippen LogP contribution < -0.4 is 4.90 Å². The number of aromatic nitrogens is 2. The summed E-state index contributed by atoms with van der Waals surface area (Å²) in [7, 11) is 0. The van der Waals surface area contributed by atoms with Gasteiger partial charge < -0.3 is 14.5 Å². The third kappa shape index (κ3) is 4.47. The third-order valence-corrected chi connectivity index (χ3v) is 5.98. The Morgan fingerprint density at radius 3 is 2.84 bits per heavy atom. The van der Waals surface area contributed by atoms with Gasteiger partial charge in [0.15, 0.2) is 5.69 Å². The molecule has 2 aromatic rings. The number of esters is 1. The van der Waals surface area contributed by atoms with Crippen LogP contribution in [0.25, 0.3) is 0 Å². The number of H-pyrrole nitrogens is 1. The molecule has 3 heterocycles. The van der Waals surface area contributed by atoms with Gasteiger partial charge in [0.1, 0.15) is 0 Å². The molecule has 0 bridgehead atoms. The monoisotopic (exact) mass is 424 g/mol. The highest BCUT2D eigenvalue weighted by molar-refractivity contribution is 6.06. The fraction of sp³-hybridized carbons (Fsp3) is 0.478. The number of fused-ring (bicyclic) bond motifs is 1. The Hall–Kier alpha value is -3.16. The van der Waals surface area contributed by atoms with Crippen molar-refractivity contribution in [2.75, 3.05) is 24.6 Å². The first-order valence-corrected chi connectivity index (χ1v) is 11.0. The van der Waals surface area contributed by atoms with Crippen LogP contribution in [0.1, 0.15) is 66.8 Å². The van der Waals surface area contributed by atoms with E-state index in [0.717, 1.165) is 42.6 Å². The highest BCUT2D eigenvalue weighted by Crippen LogP contribution is 2.32. The highest BCUT2D eigenvalue weighted by Gasteiger charge is 2.32. The summed E-state index contributed by atoms with van der Waals surface area (Å²) in [5.74, 6) is -0.568. The lowest BCUT2D eigenvalue weighted by Gasteiger charge is -2.35. The molecular weight excluding hydrogens is 396 g/mol. The van der Waals surface area contributed by atoms with Gasteiger partial charge >= 0.3 is 5.97 Å².